The van der Waals surface area contributed by atoms with Gasteiger partial charge in [0.25, 0.3) is 0 Å². The van der Waals surface area contributed by atoms with Crippen LogP contribution in [-0.4, -0.2) is 25.8 Å². The summed E-state index contributed by atoms with van der Waals surface area (Å²) in [5, 5.41) is 3.45. The highest BCUT2D eigenvalue weighted by Crippen LogP contribution is 2.30. The minimum absolute atomic E-state index is 0.410. The summed E-state index contributed by atoms with van der Waals surface area (Å²) in [5.41, 5.74) is 0. The molecule has 1 N–H and O–H groups in total. The summed E-state index contributed by atoms with van der Waals surface area (Å²) in [5.74, 6) is 0.844. The van der Waals surface area contributed by atoms with Gasteiger partial charge in [-0.1, -0.05) is 19.8 Å². The molecule has 2 heteroatoms. The molecular formula is C12H25NO. The number of rotatable bonds is 6. The molecule has 1 aliphatic rings. The standard InChI is InChI=1S/C12H25NO/c1-4-11(14-5-2)12(13-3)10-8-6-7-9-10/h10-13H,4-9H2,1-3H3. The van der Waals surface area contributed by atoms with E-state index in [4.69, 9.17) is 4.74 Å². The molecule has 0 saturated heterocycles. The Labute approximate surface area is 88.4 Å². The third kappa shape index (κ3) is 2.96. The van der Waals surface area contributed by atoms with E-state index in [1.54, 1.807) is 0 Å². The van der Waals surface area contributed by atoms with Gasteiger partial charge in [0.1, 0.15) is 0 Å². The van der Waals surface area contributed by atoms with E-state index in [0.717, 1.165) is 18.9 Å². The van der Waals surface area contributed by atoms with Crippen LogP contribution >= 0.6 is 0 Å². The number of hydrogen-bond acceptors (Lipinski definition) is 2. The summed E-state index contributed by atoms with van der Waals surface area (Å²) in [6.45, 7) is 5.15. The van der Waals surface area contributed by atoms with E-state index >= 15 is 0 Å². The first kappa shape index (κ1) is 12.0. The smallest absolute Gasteiger partial charge is 0.0727 e. The van der Waals surface area contributed by atoms with Crippen molar-refractivity contribution in [2.75, 3.05) is 13.7 Å². The highest BCUT2D eigenvalue weighted by Gasteiger charge is 2.29. The monoisotopic (exact) mass is 199 g/mol. The topological polar surface area (TPSA) is 21.3 Å². The summed E-state index contributed by atoms with van der Waals surface area (Å²) >= 11 is 0. The van der Waals surface area contributed by atoms with Crippen LogP contribution in [0.3, 0.4) is 0 Å². The lowest BCUT2D eigenvalue weighted by molar-refractivity contribution is 0.0180. The number of hydrogen-bond donors (Lipinski definition) is 1. The highest BCUT2D eigenvalue weighted by atomic mass is 16.5. The van der Waals surface area contributed by atoms with E-state index in [-0.39, 0.29) is 0 Å². The van der Waals surface area contributed by atoms with Gasteiger partial charge in [-0.3, -0.25) is 0 Å². The van der Waals surface area contributed by atoms with Crippen molar-refractivity contribution in [3.63, 3.8) is 0 Å². The number of nitrogens with one attached hydrogen (secondary N) is 1. The second-order valence-corrected chi connectivity index (χ2v) is 4.26. The van der Waals surface area contributed by atoms with E-state index in [9.17, 15) is 0 Å². The molecule has 2 nitrogen and oxygen atoms in total. The van der Waals surface area contributed by atoms with Gasteiger partial charge in [0.2, 0.25) is 0 Å². The summed E-state index contributed by atoms with van der Waals surface area (Å²) < 4.78 is 5.79. The zero-order valence-corrected chi connectivity index (χ0v) is 9.88. The molecule has 0 heterocycles. The van der Waals surface area contributed by atoms with E-state index in [0.29, 0.717) is 12.1 Å². The molecule has 1 aliphatic carbocycles. The van der Waals surface area contributed by atoms with Gasteiger partial charge >= 0.3 is 0 Å². The molecule has 0 aromatic rings. The molecule has 2 atom stereocenters. The van der Waals surface area contributed by atoms with Crippen molar-refractivity contribution >= 4 is 0 Å². The van der Waals surface area contributed by atoms with Crippen LogP contribution in [-0.2, 0) is 4.74 Å². The highest BCUT2D eigenvalue weighted by molar-refractivity contribution is 4.85. The van der Waals surface area contributed by atoms with Crippen molar-refractivity contribution in [2.24, 2.45) is 5.92 Å². The first-order valence-electron chi connectivity index (χ1n) is 6.12. The van der Waals surface area contributed by atoms with E-state index in [1.807, 2.05) is 0 Å². The fourth-order valence-electron chi connectivity index (χ4n) is 2.73. The Kier molecular flexibility index (Phi) is 5.49. The fourth-order valence-corrected chi connectivity index (χ4v) is 2.73. The zero-order chi connectivity index (χ0) is 10.4. The van der Waals surface area contributed by atoms with Crippen LogP contribution in [0.1, 0.15) is 46.0 Å². The quantitative estimate of drug-likeness (QED) is 0.710. The van der Waals surface area contributed by atoms with Crippen molar-refractivity contribution < 1.29 is 4.74 Å². The van der Waals surface area contributed by atoms with Gasteiger partial charge in [-0.15, -0.1) is 0 Å². The lowest BCUT2D eigenvalue weighted by Gasteiger charge is -2.30. The van der Waals surface area contributed by atoms with Crippen LogP contribution in [0, 0.1) is 5.92 Å². The first-order valence-corrected chi connectivity index (χ1v) is 6.12. The first-order chi connectivity index (χ1) is 6.83. The van der Waals surface area contributed by atoms with Crippen molar-refractivity contribution in [2.45, 2.75) is 58.1 Å². The molecule has 0 amide bonds. The van der Waals surface area contributed by atoms with Gasteiger partial charge in [-0.25, -0.2) is 0 Å². The Morgan fingerprint density at radius 3 is 2.36 bits per heavy atom. The maximum Gasteiger partial charge on any atom is 0.0727 e. The minimum Gasteiger partial charge on any atom is -0.377 e. The fraction of sp³-hybridized carbons (Fsp3) is 1.00. The summed E-state index contributed by atoms with van der Waals surface area (Å²) in [6.07, 6.45) is 7.12. The van der Waals surface area contributed by atoms with E-state index < -0.39 is 0 Å². The number of likely N-dealkylation sites (N-methyl/N-ethyl adjacent to an activating group) is 1. The van der Waals surface area contributed by atoms with Crippen LogP contribution in [0.2, 0.25) is 0 Å². The molecule has 0 bridgehead atoms. The van der Waals surface area contributed by atoms with E-state index in [1.165, 1.54) is 25.7 Å². The van der Waals surface area contributed by atoms with Crippen molar-refractivity contribution in [3.05, 3.63) is 0 Å². The van der Waals surface area contributed by atoms with Crippen LogP contribution in [0.15, 0.2) is 0 Å². The third-order valence-corrected chi connectivity index (χ3v) is 3.42. The Morgan fingerprint density at radius 2 is 1.93 bits per heavy atom. The molecular weight excluding hydrogens is 174 g/mol. The molecule has 1 fully saturated rings. The SMILES string of the molecule is CCOC(CC)C(NC)C1CCCC1. The number of ether oxygens (including phenoxy) is 1. The lowest BCUT2D eigenvalue weighted by Crippen LogP contribution is -2.44. The molecule has 1 saturated carbocycles. The molecule has 14 heavy (non-hydrogen) atoms. The Bertz CT molecular complexity index is 143. The average molecular weight is 199 g/mol. The molecule has 84 valence electrons. The van der Waals surface area contributed by atoms with Gasteiger partial charge in [-0.2, -0.15) is 0 Å². The van der Waals surface area contributed by atoms with Gasteiger partial charge in [0, 0.05) is 12.6 Å². The third-order valence-electron chi connectivity index (χ3n) is 3.42. The van der Waals surface area contributed by atoms with Gasteiger partial charge in [-0.05, 0) is 39.2 Å². The van der Waals surface area contributed by atoms with Crippen molar-refractivity contribution in [1.29, 1.82) is 0 Å². The molecule has 0 aromatic carbocycles. The predicted molar refractivity (Wildman–Crippen MR) is 60.5 cm³/mol. The van der Waals surface area contributed by atoms with Gasteiger partial charge in [0.15, 0.2) is 0 Å². The summed E-state index contributed by atoms with van der Waals surface area (Å²) in [4.78, 5) is 0. The molecule has 0 aromatic heterocycles. The van der Waals surface area contributed by atoms with Crippen LogP contribution < -0.4 is 5.32 Å². The Hall–Kier alpha value is -0.0800. The normalized spacial score (nSPS) is 22.5. The second-order valence-electron chi connectivity index (χ2n) is 4.26. The van der Waals surface area contributed by atoms with Crippen LogP contribution in [0.25, 0.3) is 0 Å². The van der Waals surface area contributed by atoms with Crippen molar-refractivity contribution in [3.8, 4) is 0 Å². The molecule has 0 radical (unpaired) electrons. The molecule has 0 spiro atoms. The summed E-state index contributed by atoms with van der Waals surface area (Å²) in [7, 11) is 2.07. The van der Waals surface area contributed by atoms with Gasteiger partial charge < -0.3 is 10.1 Å². The van der Waals surface area contributed by atoms with E-state index in [2.05, 4.69) is 26.2 Å². The Morgan fingerprint density at radius 1 is 1.29 bits per heavy atom. The zero-order valence-electron chi connectivity index (χ0n) is 9.88. The lowest BCUT2D eigenvalue weighted by atomic mass is 9.92. The second kappa shape index (κ2) is 6.41. The molecule has 0 aliphatic heterocycles. The largest absolute Gasteiger partial charge is 0.377 e. The average Bonchev–Trinajstić information content (AvgIpc) is 2.71. The maximum atomic E-state index is 5.79. The molecule has 2 unspecified atom stereocenters. The van der Waals surface area contributed by atoms with Crippen LogP contribution in [0.5, 0.6) is 0 Å². The molecule has 1 rings (SSSR count). The summed E-state index contributed by atoms with van der Waals surface area (Å²) in [6, 6.07) is 0.572. The van der Waals surface area contributed by atoms with Crippen LogP contribution in [0.4, 0.5) is 0 Å². The predicted octanol–water partition coefficient (Wildman–Crippen LogP) is 2.58. The van der Waals surface area contributed by atoms with Gasteiger partial charge in [0.05, 0.1) is 6.10 Å². The minimum atomic E-state index is 0.410. The maximum absolute atomic E-state index is 5.79. The Balaban J connectivity index is 2.48. The van der Waals surface area contributed by atoms with Crippen molar-refractivity contribution in [1.82, 2.24) is 5.32 Å².